The SMILES string of the molecule is CCc1cc2c(cc1C#Cc1ccc(CC(=O)[O-])o1)C(CC)(CC)CCO2. The Labute approximate surface area is 160 Å². The maximum atomic E-state index is 10.7. The van der Waals surface area contributed by atoms with Crippen molar-refractivity contribution in [2.24, 2.45) is 0 Å². The van der Waals surface area contributed by atoms with Gasteiger partial charge in [-0.3, -0.25) is 0 Å². The Morgan fingerprint density at radius 1 is 1.19 bits per heavy atom. The smallest absolute Gasteiger partial charge is 0.177 e. The molecule has 0 saturated carbocycles. The molecule has 1 aliphatic rings. The summed E-state index contributed by atoms with van der Waals surface area (Å²) in [5, 5.41) is 10.7. The number of furan rings is 1. The monoisotopic (exact) mass is 365 g/mol. The molecule has 1 aromatic heterocycles. The minimum Gasteiger partial charge on any atom is -0.550 e. The molecule has 1 aliphatic heterocycles. The summed E-state index contributed by atoms with van der Waals surface area (Å²) in [6.07, 6.45) is 3.79. The van der Waals surface area contributed by atoms with Crippen molar-refractivity contribution in [3.05, 3.63) is 52.5 Å². The topological polar surface area (TPSA) is 62.5 Å². The number of fused-ring (bicyclic) bond motifs is 1. The number of carbonyl (C=O) groups is 1. The van der Waals surface area contributed by atoms with Crippen LogP contribution in [0.25, 0.3) is 0 Å². The van der Waals surface area contributed by atoms with Crippen LogP contribution < -0.4 is 9.84 Å². The maximum Gasteiger partial charge on any atom is 0.177 e. The first-order chi connectivity index (χ1) is 13.0. The molecule has 1 aromatic carbocycles. The summed E-state index contributed by atoms with van der Waals surface area (Å²) in [7, 11) is 0. The molecule has 2 aromatic rings. The van der Waals surface area contributed by atoms with Crippen molar-refractivity contribution in [1.29, 1.82) is 0 Å². The molecule has 142 valence electrons. The number of rotatable bonds is 5. The zero-order chi connectivity index (χ0) is 19.4. The predicted octanol–water partition coefficient (Wildman–Crippen LogP) is 3.37. The standard InChI is InChI=1S/C23H26O4/c1-4-16-14-21-20(23(5-2,6-3)11-12-26-21)13-17(16)7-8-18-9-10-19(27-18)15-22(24)25/h9-10,13-14H,4-6,11-12,15H2,1-3H3,(H,24,25)/p-1. The second-order valence-electron chi connectivity index (χ2n) is 7.01. The highest BCUT2D eigenvalue weighted by atomic mass is 16.5. The first kappa shape index (κ1) is 19.1. The van der Waals surface area contributed by atoms with Gasteiger partial charge in [0.1, 0.15) is 11.5 Å². The summed E-state index contributed by atoms with van der Waals surface area (Å²) in [6, 6.07) is 7.63. The van der Waals surface area contributed by atoms with Gasteiger partial charge in [-0.25, -0.2) is 0 Å². The van der Waals surface area contributed by atoms with Crippen LogP contribution in [0, 0.1) is 11.8 Å². The molecule has 0 amide bonds. The molecule has 0 N–H and O–H groups in total. The fourth-order valence-electron chi connectivity index (χ4n) is 3.85. The molecule has 3 rings (SSSR count). The fraction of sp³-hybridized carbons (Fsp3) is 0.435. The lowest BCUT2D eigenvalue weighted by molar-refractivity contribution is -0.305. The summed E-state index contributed by atoms with van der Waals surface area (Å²) in [5.74, 6) is 6.88. The number of carbonyl (C=O) groups excluding carboxylic acids is 1. The van der Waals surface area contributed by atoms with Crippen LogP contribution in [0.1, 0.15) is 68.2 Å². The lowest BCUT2D eigenvalue weighted by atomic mass is 9.71. The molecule has 0 aliphatic carbocycles. The van der Waals surface area contributed by atoms with E-state index in [2.05, 4.69) is 44.7 Å². The van der Waals surface area contributed by atoms with Crippen LogP contribution in [-0.4, -0.2) is 12.6 Å². The number of carboxylic acids is 1. The quantitative estimate of drug-likeness (QED) is 0.762. The number of aryl methyl sites for hydroxylation is 1. The molecule has 0 bridgehead atoms. The molecular weight excluding hydrogens is 340 g/mol. The van der Waals surface area contributed by atoms with Crippen molar-refractivity contribution in [2.45, 2.75) is 58.3 Å². The van der Waals surface area contributed by atoms with Crippen molar-refractivity contribution in [2.75, 3.05) is 6.61 Å². The fourth-order valence-corrected chi connectivity index (χ4v) is 3.85. The average molecular weight is 365 g/mol. The van der Waals surface area contributed by atoms with Gasteiger partial charge in [0.2, 0.25) is 0 Å². The molecule has 0 fully saturated rings. The first-order valence-corrected chi connectivity index (χ1v) is 9.62. The van der Waals surface area contributed by atoms with Gasteiger partial charge in [-0.15, -0.1) is 0 Å². The van der Waals surface area contributed by atoms with Crippen LogP contribution in [0.15, 0.2) is 28.7 Å². The van der Waals surface area contributed by atoms with Gasteiger partial charge >= 0.3 is 0 Å². The van der Waals surface area contributed by atoms with Crippen LogP contribution in [0.2, 0.25) is 0 Å². The predicted molar refractivity (Wildman–Crippen MR) is 102 cm³/mol. The number of ether oxygens (including phenoxy) is 1. The van der Waals surface area contributed by atoms with E-state index in [0.29, 0.717) is 11.5 Å². The molecule has 4 nitrogen and oxygen atoms in total. The summed E-state index contributed by atoms with van der Waals surface area (Å²) >= 11 is 0. The Balaban J connectivity index is 1.99. The van der Waals surface area contributed by atoms with Crippen molar-refractivity contribution in [3.63, 3.8) is 0 Å². The second kappa shape index (κ2) is 7.92. The summed E-state index contributed by atoms with van der Waals surface area (Å²) in [5.41, 5.74) is 3.51. The van der Waals surface area contributed by atoms with Gasteiger partial charge in [0.25, 0.3) is 0 Å². The van der Waals surface area contributed by atoms with Gasteiger partial charge in [0, 0.05) is 28.9 Å². The van der Waals surface area contributed by atoms with E-state index in [9.17, 15) is 9.90 Å². The lowest BCUT2D eigenvalue weighted by Crippen LogP contribution is -2.32. The normalized spacial score (nSPS) is 14.6. The number of hydrogen-bond donors (Lipinski definition) is 0. The molecular formula is C23H25O4-. The third-order valence-electron chi connectivity index (χ3n) is 5.65. The summed E-state index contributed by atoms with van der Waals surface area (Å²) in [4.78, 5) is 10.7. The molecule has 0 saturated heterocycles. The molecule has 2 heterocycles. The Kier molecular flexibility index (Phi) is 5.60. The largest absolute Gasteiger partial charge is 0.550 e. The van der Waals surface area contributed by atoms with E-state index in [1.54, 1.807) is 12.1 Å². The minimum absolute atomic E-state index is 0.141. The average Bonchev–Trinajstić information content (AvgIpc) is 3.11. The van der Waals surface area contributed by atoms with E-state index in [1.807, 2.05) is 0 Å². The highest BCUT2D eigenvalue weighted by Crippen LogP contribution is 2.44. The van der Waals surface area contributed by atoms with Gasteiger partial charge in [-0.1, -0.05) is 26.7 Å². The molecule has 0 atom stereocenters. The zero-order valence-corrected chi connectivity index (χ0v) is 16.2. The molecule has 4 heteroatoms. The zero-order valence-electron chi connectivity index (χ0n) is 16.2. The van der Waals surface area contributed by atoms with Crippen LogP contribution in [0.5, 0.6) is 5.75 Å². The number of carboxylic acid groups (broad SMARTS) is 1. The van der Waals surface area contributed by atoms with E-state index < -0.39 is 5.97 Å². The third kappa shape index (κ3) is 3.88. The molecule has 0 unspecified atom stereocenters. The van der Waals surface area contributed by atoms with Gasteiger partial charge in [-0.2, -0.15) is 0 Å². The van der Waals surface area contributed by atoms with Gasteiger partial charge in [-0.05, 0) is 61.4 Å². The summed E-state index contributed by atoms with van der Waals surface area (Å²) in [6.45, 7) is 7.34. The van der Waals surface area contributed by atoms with E-state index in [0.717, 1.165) is 49.2 Å². The Morgan fingerprint density at radius 2 is 1.96 bits per heavy atom. The van der Waals surface area contributed by atoms with E-state index in [-0.39, 0.29) is 11.8 Å². The van der Waals surface area contributed by atoms with Gasteiger partial charge in [0.15, 0.2) is 5.76 Å². The highest BCUT2D eigenvalue weighted by molar-refractivity contribution is 5.67. The number of aliphatic carboxylic acids is 1. The number of hydrogen-bond acceptors (Lipinski definition) is 4. The first-order valence-electron chi connectivity index (χ1n) is 9.62. The Bertz CT molecular complexity index is 891. The van der Waals surface area contributed by atoms with Crippen molar-refractivity contribution < 1.29 is 19.1 Å². The molecule has 27 heavy (non-hydrogen) atoms. The lowest BCUT2D eigenvalue weighted by Gasteiger charge is -2.38. The Morgan fingerprint density at radius 3 is 2.63 bits per heavy atom. The van der Waals surface area contributed by atoms with Gasteiger partial charge < -0.3 is 19.1 Å². The van der Waals surface area contributed by atoms with Crippen molar-refractivity contribution >= 4 is 5.97 Å². The van der Waals surface area contributed by atoms with Crippen LogP contribution in [-0.2, 0) is 23.1 Å². The summed E-state index contributed by atoms with van der Waals surface area (Å²) < 4.78 is 11.4. The van der Waals surface area contributed by atoms with Crippen LogP contribution in [0.4, 0.5) is 0 Å². The third-order valence-corrected chi connectivity index (χ3v) is 5.65. The van der Waals surface area contributed by atoms with Crippen LogP contribution >= 0.6 is 0 Å². The van der Waals surface area contributed by atoms with Gasteiger partial charge in [0.05, 0.1) is 6.61 Å². The molecule has 0 radical (unpaired) electrons. The second-order valence-corrected chi connectivity index (χ2v) is 7.01. The minimum atomic E-state index is -1.16. The van der Waals surface area contributed by atoms with E-state index >= 15 is 0 Å². The maximum absolute atomic E-state index is 10.7. The van der Waals surface area contributed by atoms with E-state index in [1.165, 1.54) is 5.56 Å². The highest BCUT2D eigenvalue weighted by Gasteiger charge is 2.35. The Hall–Kier alpha value is -2.67. The van der Waals surface area contributed by atoms with Crippen molar-refractivity contribution in [1.82, 2.24) is 0 Å². The van der Waals surface area contributed by atoms with Crippen LogP contribution in [0.3, 0.4) is 0 Å². The molecule has 0 spiro atoms. The van der Waals surface area contributed by atoms with Crippen molar-refractivity contribution in [3.8, 4) is 17.6 Å². The van der Waals surface area contributed by atoms with E-state index in [4.69, 9.17) is 9.15 Å². The number of benzene rings is 1.